The molecule has 0 N–H and O–H groups in total. The molecule has 5 nitrogen and oxygen atoms in total. The van der Waals surface area contributed by atoms with E-state index < -0.39 is 0 Å². The number of fused-ring (bicyclic) bond motifs is 1. The van der Waals surface area contributed by atoms with Crippen LogP contribution in [0.5, 0.6) is 0 Å². The summed E-state index contributed by atoms with van der Waals surface area (Å²) in [6.07, 6.45) is 6.03. The average Bonchev–Trinajstić information content (AvgIpc) is 2.26. The van der Waals surface area contributed by atoms with Gasteiger partial charge in [-0.15, -0.1) is 0 Å². The van der Waals surface area contributed by atoms with Crippen molar-refractivity contribution in [2.45, 2.75) is 38.8 Å². The molecule has 1 atom stereocenters. The largest absolute Gasteiger partial charge is 0.357 e. The third kappa shape index (κ3) is 2.09. The van der Waals surface area contributed by atoms with E-state index in [9.17, 15) is 10.1 Å². The van der Waals surface area contributed by atoms with Crippen molar-refractivity contribution in [3.63, 3.8) is 0 Å². The summed E-state index contributed by atoms with van der Waals surface area (Å²) >= 11 is 0. The SMILES string of the molecule is CC(C)(C)N1CC=N[C@H]2CC=CC([N+](=O)[O-])=C21. The highest BCUT2D eigenvalue weighted by atomic mass is 16.6. The van der Waals surface area contributed by atoms with Gasteiger partial charge in [0.2, 0.25) is 0 Å². The molecule has 0 saturated heterocycles. The first kappa shape index (κ1) is 11.8. The normalized spacial score (nSPS) is 23.9. The Morgan fingerprint density at radius 3 is 2.82 bits per heavy atom. The number of allylic oxidation sites excluding steroid dienone is 1. The smallest absolute Gasteiger partial charge is 0.290 e. The zero-order chi connectivity index (χ0) is 12.6. The summed E-state index contributed by atoms with van der Waals surface area (Å²) in [7, 11) is 0. The van der Waals surface area contributed by atoms with E-state index in [0.717, 1.165) is 12.1 Å². The predicted molar refractivity (Wildman–Crippen MR) is 66.5 cm³/mol. The van der Waals surface area contributed by atoms with Crippen LogP contribution in [0.4, 0.5) is 0 Å². The second-order valence-electron chi connectivity index (χ2n) is 5.29. The zero-order valence-corrected chi connectivity index (χ0v) is 10.4. The molecule has 1 aliphatic carbocycles. The summed E-state index contributed by atoms with van der Waals surface area (Å²) in [4.78, 5) is 17.2. The lowest BCUT2D eigenvalue weighted by Crippen LogP contribution is -2.48. The van der Waals surface area contributed by atoms with Crippen molar-refractivity contribution in [2.24, 2.45) is 4.99 Å². The van der Waals surface area contributed by atoms with Crippen LogP contribution in [-0.4, -0.2) is 34.2 Å². The van der Waals surface area contributed by atoms with Gasteiger partial charge >= 0.3 is 0 Å². The molecule has 0 aromatic heterocycles. The maximum Gasteiger partial charge on any atom is 0.290 e. The number of aliphatic imine (C=N–C) groups is 1. The molecule has 92 valence electrons. The van der Waals surface area contributed by atoms with E-state index in [0.29, 0.717) is 6.54 Å². The minimum atomic E-state index is -0.308. The van der Waals surface area contributed by atoms with Crippen molar-refractivity contribution in [2.75, 3.05) is 6.54 Å². The fourth-order valence-corrected chi connectivity index (χ4v) is 2.27. The molecule has 17 heavy (non-hydrogen) atoms. The topological polar surface area (TPSA) is 58.7 Å². The molecule has 2 aliphatic rings. The Balaban J connectivity index is 2.53. The van der Waals surface area contributed by atoms with Crippen LogP contribution < -0.4 is 0 Å². The van der Waals surface area contributed by atoms with Gasteiger partial charge in [0.05, 0.1) is 17.5 Å². The lowest BCUT2D eigenvalue weighted by atomic mass is 9.95. The maximum atomic E-state index is 11.1. The van der Waals surface area contributed by atoms with Crippen LogP contribution in [0.2, 0.25) is 0 Å². The van der Waals surface area contributed by atoms with E-state index in [1.54, 1.807) is 6.08 Å². The molecule has 0 radical (unpaired) electrons. The Bertz CT molecular complexity index is 430. The molecule has 0 aromatic rings. The molecule has 2 rings (SSSR count). The van der Waals surface area contributed by atoms with E-state index in [1.807, 2.05) is 12.3 Å². The molecule has 1 aliphatic heterocycles. The summed E-state index contributed by atoms with van der Waals surface area (Å²) in [5.74, 6) is 0. The molecule has 0 saturated carbocycles. The van der Waals surface area contributed by atoms with Crippen LogP contribution in [-0.2, 0) is 0 Å². The Morgan fingerprint density at radius 1 is 1.53 bits per heavy atom. The molecule has 0 amide bonds. The summed E-state index contributed by atoms with van der Waals surface area (Å²) < 4.78 is 0. The molecule has 1 heterocycles. The average molecular weight is 235 g/mol. The van der Waals surface area contributed by atoms with Crippen LogP contribution in [0.25, 0.3) is 0 Å². The van der Waals surface area contributed by atoms with Gasteiger partial charge in [-0.25, -0.2) is 0 Å². The van der Waals surface area contributed by atoms with E-state index >= 15 is 0 Å². The van der Waals surface area contributed by atoms with Gasteiger partial charge in [0, 0.05) is 17.8 Å². The standard InChI is InChI=1S/C12H17N3O2/c1-12(2,3)14-8-7-13-9-5-4-6-10(11(9)14)15(16)17/h4,6-7,9H,5,8H2,1-3H3/t9-/m0/s1. The van der Waals surface area contributed by atoms with E-state index in [-0.39, 0.29) is 22.2 Å². The third-order valence-electron chi connectivity index (χ3n) is 3.06. The van der Waals surface area contributed by atoms with E-state index in [2.05, 4.69) is 30.7 Å². The van der Waals surface area contributed by atoms with Gasteiger partial charge in [-0.05, 0) is 27.2 Å². The number of rotatable bonds is 1. The lowest BCUT2D eigenvalue weighted by molar-refractivity contribution is -0.422. The van der Waals surface area contributed by atoms with Crippen LogP contribution in [0, 0.1) is 10.1 Å². The first-order chi connectivity index (χ1) is 7.91. The number of hydrogen-bond donors (Lipinski definition) is 0. The highest BCUT2D eigenvalue weighted by molar-refractivity contribution is 5.63. The second kappa shape index (κ2) is 3.98. The van der Waals surface area contributed by atoms with Gasteiger partial charge in [-0.1, -0.05) is 6.08 Å². The molecular weight excluding hydrogens is 218 g/mol. The molecule has 0 spiro atoms. The summed E-state index contributed by atoms with van der Waals surface area (Å²) in [5.41, 5.74) is 0.812. The zero-order valence-electron chi connectivity index (χ0n) is 10.4. The summed E-state index contributed by atoms with van der Waals surface area (Å²) in [5, 5.41) is 11.1. The Labute approximate surface area is 101 Å². The fraction of sp³-hybridized carbons (Fsp3) is 0.583. The van der Waals surface area contributed by atoms with Gasteiger partial charge in [-0.3, -0.25) is 15.1 Å². The first-order valence-corrected chi connectivity index (χ1v) is 5.75. The molecule has 5 heteroatoms. The van der Waals surface area contributed by atoms with Crippen LogP contribution >= 0.6 is 0 Å². The minimum Gasteiger partial charge on any atom is -0.357 e. The molecule has 0 aromatic carbocycles. The van der Waals surface area contributed by atoms with Crippen molar-refractivity contribution in [1.82, 2.24) is 4.90 Å². The van der Waals surface area contributed by atoms with Gasteiger partial charge in [-0.2, -0.15) is 0 Å². The Morgan fingerprint density at radius 2 is 2.24 bits per heavy atom. The lowest BCUT2D eigenvalue weighted by Gasteiger charge is -2.42. The Kier molecular flexibility index (Phi) is 2.77. The van der Waals surface area contributed by atoms with Crippen molar-refractivity contribution in [3.05, 3.63) is 33.7 Å². The number of nitrogens with zero attached hydrogens (tertiary/aromatic N) is 3. The van der Waals surface area contributed by atoms with E-state index in [4.69, 9.17) is 0 Å². The first-order valence-electron chi connectivity index (χ1n) is 5.75. The number of nitro groups is 1. The van der Waals surface area contributed by atoms with Gasteiger partial charge < -0.3 is 4.90 Å². The molecule has 0 fully saturated rings. The van der Waals surface area contributed by atoms with Crippen LogP contribution in [0.15, 0.2) is 28.5 Å². The van der Waals surface area contributed by atoms with Crippen molar-refractivity contribution < 1.29 is 4.92 Å². The van der Waals surface area contributed by atoms with Crippen molar-refractivity contribution in [1.29, 1.82) is 0 Å². The Hall–Kier alpha value is -1.65. The number of hydrogen-bond acceptors (Lipinski definition) is 4. The van der Waals surface area contributed by atoms with Gasteiger partial charge in [0.15, 0.2) is 0 Å². The van der Waals surface area contributed by atoms with Crippen LogP contribution in [0.3, 0.4) is 0 Å². The van der Waals surface area contributed by atoms with E-state index in [1.165, 1.54) is 0 Å². The highest BCUT2D eigenvalue weighted by Crippen LogP contribution is 2.32. The van der Waals surface area contributed by atoms with Crippen molar-refractivity contribution in [3.8, 4) is 0 Å². The quantitative estimate of drug-likeness (QED) is 0.516. The maximum absolute atomic E-state index is 11.1. The predicted octanol–water partition coefficient (Wildman–Crippen LogP) is 1.99. The summed E-state index contributed by atoms with van der Waals surface area (Å²) in [6, 6.07) is -0.0895. The second-order valence-corrected chi connectivity index (χ2v) is 5.29. The van der Waals surface area contributed by atoms with Crippen LogP contribution in [0.1, 0.15) is 27.2 Å². The molecule has 0 bridgehead atoms. The van der Waals surface area contributed by atoms with Gasteiger partial charge in [0.25, 0.3) is 5.70 Å². The van der Waals surface area contributed by atoms with Crippen molar-refractivity contribution >= 4 is 6.21 Å². The van der Waals surface area contributed by atoms with Gasteiger partial charge in [0.1, 0.15) is 5.70 Å². The third-order valence-corrected chi connectivity index (χ3v) is 3.06. The monoisotopic (exact) mass is 235 g/mol. The fourth-order valence-electron chi connectivity index (χ4n) is 2.27. The minimum absolute atomic E-state index is 0.0895. The molecular formula is C12H17N3O2. The highest BCUT2D eigenvalue weighted by Gasteiger charge is 2.37. The summed E-state index contributed by atoms with van der Waals surface area (Å²) in [6.45, 7) is 6.82. The molecule has 0 unspecified atom stereocenters.